The zero-order valence-corrected chi connectivity index (χ0v) is 11.4. The second-order valence-electron chi connectivity index (χ2n) is 5.20. The van der Waals surface area contributed by atoms with Crippen molar-refractivity contribution in [1.82, 2.24) is 0 Å². The summed E-state index contributed by atoms with van der Waals surface area (Å²) < 4.78 is 1.08. The Balaban J connectivity index is 2.00. The van der Waals surface area contributed by atoms with Gasteiger partial charge in [-0.15, -0.1) is 0 Å². The van der Waals surface area contributed by atoms with Crippen LogP contribution in [-0.2, 0) is 0 Å². The van der Waals surface area contributed by atoms with E-state index in [2.05, 4.69) is 44.9 Å². The van der Waals surface area contributed by atoms with Gasteiger partial charge >= 0.3 is 0 Å². The number of para-hydroxylation sites is 1. The summed E-state index contributed by atoms with van der Waals surface area (Å²) in [7, 11) is 0. The average molecular weight is 294 g/mol. The number of benzene rings is 1. The molecule has 0 saturated heterocycles. The SMILES string of the molecule is CC1CC2(CN=C(N)N2c2ccccc2Br)C1. The van der Waals surface area contributed by atoms with Crippen molar-refractivity contribution in [2.75, 3.05) is 11.4 Å². The van der Waals surface area contributed by atoms with Gasteiger partial charge in [0.25, 0.3) is 0 Å². The lowest BCUT2D eigenvalue weighted by atomic mass is 9.68. The predicted octanol–water partition coefficient (Wildman–Crippen LogP) is 2.75. The van der Waals surface area contributed by atoms with Crippen molar-refractivity contribution in [1.29, 1.82) is 0 Å². The van der Waals surface area contributed by atoms with E-state index in [0.717, 1.165) is 22.6 Å². The number of anilines is 1. The Morgan fingerprint density at radius 3 is 2.76 bits per heavy atom. The van der Waals surface area contributed by atoms with Crippen molar-refractivity contribution in [3.8, 4) is 0 Å². The van der Waals surface area contributed by atoms with E-state index >= 15 is 0 Å². The Labute approximate surface area is 110 Å². The van der Waals surface area contributed by atoms with Gasteiger partial charge in [-0.2, -0.15) is 0 Å². The second kappa shape index (κ2) is 3.73. The fraction of sp³-hybridized carbons (Fsp3) is 0.462. The van der Waals surface area contributed by atoms with Crippen molar-refractivity contribution in [3.05, 3.63) is 28.7 Å². The van der Waals surface area contributed by atoms with Crippen LogP contribution in [0.5, 0.6) is 0 Å². The van der Waals surface area contributed by atoms with Crippen molar-refractivity contribution >= 4 is 27.6 Å². The standard InChI is InChI=1S/C13H16BrN3/c1-9-6-13(7-9)8-16-12(15)17(13)11-5-3-2-4-10(11)14/h2-5,9H,6-8H2,1H3,(H2,15,16). The highest BCUT2D eigenvalue weighted by Gasteiger charge is 2.51. The molecule has 2 aliphatic rings. The summed E-state index contributed by atoms with van der Waals surface area (Å²) in [6.45, 7) is 3.13. The highest BCUT2D eigenvalue weighted by Crippen LogP contribution is 2.47. The van der Waals surface area contributed by atoms with E-state index in [9.17, 15) is 0 Å². The third-order valence-corrected chi connectivity index (χ3v) is 4.46. The number of nitrogens with zero attached hydrogens (tertiary/aromatic N) is 2. The van der Waals surface area contributed by atoms with Crippen LogP contribution in [-0.4, -0.2) is 18.0 Å². The Morgan fingerprint density at radius 1 is 1.41 bits per heavy atom. The Morgan fingerprint density at radius 2 is 2.12 bits per heavy atom. The number of hydrogen-bond acceptors (Lipinski definition) is 3. The van der Waals surface area contributed by atoms with Crippen LogP contribution in [0.2, 0.25) is 0 Å². The third-order valence-electron chi connectivity index (χ3n) is 3.79. The predicted molar refractivity (Wildman–Crippen MR) is 74.2 cm³/mol. The molecule has 1 fully saturated rings. The van der Waals surface area contributed by atoms with E-state index in [1.54, 1.807) is 0 Å². The smallest absolute Gasteiger partial charge is 0.196 e. The molecule has 1 aromatic carbocycles. The average Bonchev–Trinajstić information content (AvgIpc) is 2.58. The van der Waals surface area contributed by atoms with Crippen molar-refractivity contribution in [3.63, 3.8) is 0 Å². The molecular formula is C13H16BrN3. The van der Waals surface area contributed by atoms with Crippen LogP contribution in [0, 0.1) is 5.92 Å². The lowest BCUT2D eigenvalue weighted by Crippen LogP contribution is -2.59. The molecule has 1 aliphatic heterocycles. The molecule has 17 heavy (non-hydrogen) atoms. The summed E-state index contributed by atoms with van der Waals surface area (Å²) >= 11 is 3.60. The van der Waals surface area contributed by atoms with E-state index in [1.165, 1.54) is 12.8 Å². The van der Waals surface area contributed by atoms with Gasteiger partial charge in [0.15, 0.2) is 5.96 Å². The lowest BCUT2D eigenvalue weighted by molar-refractivity contribution is 0.182. The van der Waals surface area contributed by atoms with Gasteiger partial charge in [-0.3, -0.25) is 4.99 Å². The number of aliphatic imine (C=N–C) groups is 1. The molecule has 4 heteroatoms. The molecule has 0 atom stereocenters. The summed E-state index contributed by atoms with van der Waals surface area (Å²) in [5, 5.41) is 0. The van der Waals surface area contributed by atoms with Gasteiger partial charge in [-0.1, -0.05) is 19.1 Å². The molecule has 90 valence electrons. The summed E-state index contributed by atoms with van der Waals surface area (Å²) in [6.07, 6.45) is 2.36. The number of nitrogens with two attached hydrogens (primary N) is 1. The minimum atomic E-state index is 0.146. The van der Waals surface area contributed by atoms with Gasteiger partial charge in [0.2, 0.25) is 0 Å². The minimum absolute atomic E-state index is 0.146. The molecule has 2 N–H and O–H groups in total. The molecule has 0 unspecified atom stereocenters. The fourth-order valence-corrected chi connectivity index (χ4v) is 3.64. The van der Waals surface area contributed by atoms with E-state index in [-0.39, 0.29) is 5.54 Å². The second-order valence-corrected chi connectivity index (χ2v) is 6.05. The van der Waals surface area contributed by atoms with Gasteiger partial charge in [-0.05, 0) is 46.8 Å². The molecule has 1 heterocycles. The molecule has 1 aromatic rings. The molecule has 0 amide bonds. The largest absolute Gasteiger partial charge is 0.369 e. The fourth-order valence-electron chi connectivity index (χ4n) is 3.17. The van der Waals surface area contributed by atoms with Crippen LogP contribution in [0.15, 0.2) is 33.7 Å². The van der Waals surface area contributed by atoms with Crippen molar-refractivity contribution in [2.45, 2.75) is 25.3 Å². The Kier molecular flexibility index (Phi) is 2.43. The van der Waals surface area contributed by atoms with E-state index in [0.29, 0.717) is 5.96 Å². The lowest BCUT2D eigenvalue weighted by Gasteiger charge is -2.50. The maximum Gasteiger partial charge on any atom is 0.196 e. The van der Waals surface area contributed by atoms with Crippen LogP contribution in [0.3, 0.4) is 0 Å². The highest BCUT2D eigenvalue weighted by molar-refractivity contribution is 9.10. The summed E-state index contributed by atoms with van der Waals surface area (Å²) in [4.78, 5) is 6.66. The van der Waals surface area contributed by atoms with Crippen LogP contribution >= 0.6 is 15.9 Å². The van der Waals surface area contributed by atoms with E-state index in [1.807, 2.05) is 12.1 Å². The van der Waals surface area contributed by atoms with Crippen LogP contribution in [0.1, 0.15) is 19.8 Å². The quantitative estimate of drug-likeness (QED) is 0.865. The Bertz CT molecular complexity index is 477. The number of rotatable bonds is 1. The normalized spacial score (nSPS) is 31.5. The number of guanidine groups is 1. The molecular weight excluding hydrogens is 278 g/mol. The summed E-state index contributed by atoms with van der Waals surface area (Å²) in [5.74, 6) is 1.44. The van der Waals surface area contributed by atoms with E-state index in [4.69, 9.17) is 5.73 Å². The molecule has 1 saturated carbocycles. The van der Waals surface area contributed by atoms with Crippen molar-refractivity contribution < 1.29 is 0 Å². The first kappa shape index (κ1) is 11.1. The molecule has 3 rings (SSSR count). The van der Waals surface area contributed by atoms with Crippen LogP contribution in [0.25, 0.3) is 0 Å². The van der Waals surface area contributed by atoms with Gasteiger partial charge in [-0.25, -0.2) is 0 Å². The number of halogens is 1. The summed E-state index contributed by atoms with van der Waals surface area (Å²) in [5.41, 5.74) is 7.35. The molecule has 0 aromatic heterocycles. The third kappa shape index (κ3) is 1.58. The molecule has 3 nitrogen and oxygen atoms in total. The zero-order chi connectivity index (χ0) is 12.0. The maximum absolute atomic E-state index is 6.07. The minimum Gasteiger partial charge on any atom is -0.369 e. The highest BCUT2D eigenvalue weighted by atomic mass is 79.9. The van der Waals surface area contributed by atoms with Crippen molar-refractivity contribution in [2.24, 2.45) is 16.6 Å². The van der Waals surface area contributed by atoms with Gasteiger partial charge in [0.1, 0.15) is 0 Å². The van der Waals surface area contributed by atoms with Gasteiger partial charge < -0.3 is 10.6 Å². The first-order valence-electron chi connectivity index (χ1n) is 5.97. The number of hydrogen-bond donors (Lipinski definition) is 1. The molecule has 0 radical (unpaired) electrons. The maximum atomic E-state index is 6.07. The first-order valence-corrected chi connectivity index (χ1v) is 6.76. The molecule has 1 aliphatic carbocycles. The van der Waals surface area contributed by atoms with E-state index < -0.39 is 0 Å². The summed E-state index contributed by atoms with van der Waals surface area (Å²) in [6, 6.07) is 8.22. The zero-order valence-electron chi connectivity index (χ0n) is 9.86. The van der Waals surface area contributed by atoms with Crippen LogP contribution in [0.4, 0.5) is 5.69 Å². The van der Waals surface area contributed by atoms with Crippen LogP contribution < -0.4 is 10.6 Å². The monoisotopic (exact) mass is 293 g/mol. The topological polar surface area (TPSA) is 41.6 Å². The van der Waals surface area contributed by atoms with Gasteiger partial charge in [0.05, 0.1) is 17.8 Å². The first-order chi connectivity index (χ1) is 8.12. The van der Waals surface area contributed by atoms with Gasteiger partial charge in [0, 0.05) is 4.47 Å². The Hall–Kier alpha value is -1.03. The molecule has 1 spiro atoms. The molecule has 0 bridgehead atoms.